The first kappa shape index (κ1) is 14.2. The van der Waals surface area contributed by atoms with Gasteiger partial charge in [0.15, 0.2) is 0 Å². The van der Waals surface area contributed by atoms with Crippen LogP contribution in [0, 0.1) is 12.8 Å². The number of aromatic nitrogens is 1. The van der Waals surface area contributed by atoms with E-state index in [4.69, 9.17) is 5.73 Å². The molecule has 2 rings (SSSR count). The second-order valence-corrected chi connectivity index (χ2v) is 6.53. The van der Waals surface area contributed by atoms with Crippen molar-refractivity contribution in [3.05, 3.63) is 41.6 Å². The van der Waals surface area contributed by atoms with E-state index in [2.05, 4.69) is 4.98 Å². The highest BCUT2D eigenvalue weighted by Gasteiger charge is 2.10. The molecule has 0 saturated heterocycles. The van der Waals surface area contributed by atoms with Gasteiger partial charge in [-0.2, -0.15) is 0 Å². The van der Waals surface area contributed by atoms with E-state index in [1.165, 1.54) is 0 Å². The van der Waals surface area contributed by atoms with Crippen LogP contribution >= 0.6 is 0 Å². The summed E-state index contributed by atoms with van der Waals surface area (Å²) in [4.78, 5) is 4.50. The second kappa shape index (κ2) is 6.26. The molecule has 0 bridgehead atoms. The largest absolute Gasteiger partial charge is 0.330 e. The number of nitrogens with two attached hydrogens (primary N) is 1. The van der Waals surface area contributed by atoms with Crippen molar-refractivity contribution in [3.8, 4) is 0 Å². The van der Waals surface area contributed by atoms with Crippen molar-refractivity contribution < 1.29 is 4.21 Å². The molecule has 0 fully saturated rings. The number of nitrogens with zero attached hydrogens (tertiary/aromatic N) is 1. The molecule has 2 atom stereocenters. The molecular weight excluding hydrogens is 256 g/mol. The molecule has 4 heteroatoms. The lowest BCUT2D eigenvalue weighted by atomic mass is 10.1. The van der Waals surface area contributed by atoms with E-state index in [1.807, 2.05) is 44.2 Å². The van der Waals surface area contributed by atoms with E-state index >= 15 is 0 Å². The summed E-state index contributed by atoms with van der Waals surface area (Å²) in [5, 5.41) is 1.10. The third-order valence-electron chi connectivity index (χ3n) is 3.12. The predicted octanol–water partition coefficient (Wildman–Crippen LogP) is 2.39. The van der Waals surface area contributed by atoms with Crippen LogP contribution in [0.1, 0.15) is 18.2 Å². The van der Waals surface area contributed by atoms with E-state index in [9.17, 15) is 4.21 Å². The Kier molecular flexibility index (Phi) is 4.66. The van der Waals surface area contributed by atoms with Gasteiger partial charge in [-0.15, -0.1) is 0 Å². The Morgan fingerprint density at radius 3 is 2.84 bits per heavy atom. The fraction of sp³-hybridized carbons (Fsp3) is 0.400. The Bertz CT molecular complexity index is 598. The van der Waals surface area contributed by atoms with E-state index in [0.29, 0.717) is 24.0 Å². The van der Waals surface area contributed by atoms with E-state index in [1.54, 1.807) is 0 Å². The van der Waals surface area contributed by atoms with Gasteiger partial charge in [0, 0.05) is 33.4 Å². The lowest BCUT2D eigenvalue weighted by Crippen LogP contribution is -2.18. The van der Waals surface area contributed by atoms with Crippen molar-refractivity contribution in [2.45, 2.75) is 19.6 Å². The summed E-state index contributed by atoms with van der Waals surface area (Å²) in [6.45, 7) is 4.59. The molecule has 0 amide bonds. The topological polar surface area (TPSA) is 56.0 Å². The fourth-order valence-electron chi connectivity index (χ4n) is 2.13. The zero-order chi connectivity index (χ0) is 13.8. The molecule has 0 spiro atoms. The van der Waals surface area contributed by atoms with Crippen molar-refractivity contribution in [1.82, 2.24) is 4.98 Å². The Labute approximate surface area is 116 Å². The van der Waals surface area contributed by atoms with Gasteiger partial charge >= 0.3 is 0 Å². The van der Waals surface area contributed by atoms with Gasteiger partial charge in [0.2, 0.25) is 0 Å². The zero-order valence-electron chi connectivity index (χ0n) is 11.4. The van der Waals surface area contributed by atoms with Gasteiger partial charge in [0.25, 0.3) is 0 Å². The monoisotopic (exact) mass is 276 g/mol. The molecule has 0 saturated carbocycles. The van der Waals surface area contributed by atoms with Crippen LogP contribution in [0.3, 0.4) is 0 Å². The molecule has 0 aliphatic carbocycles. The standard InChI is InChI=1S/C15H20N2OS/c1-11(8-16)9-19(18)10-13-7-12(2)17-15-6-4-3-5-14(13)15/h3-7,11H,8-10,16H2,1-2H3. The molecule has 102 valence electrons. The molecule has 0 aliphatic rings. The van der Waals surface area contributed by atoms with Crippen LogP contribution in [0.2, 0.25) is 0 Å². The molecular formula is C15H20N2OS. The van der Waals surface area contributed by atoms with Gasteiger partial charge < -0.3 is 5.73 Å². The Morgan fingerprint density at radius 1 is 1.37 bits per heavy atom. The molecule has 2 N–H and O–H groups in total. The van der Waals surface area contributed by atoms with Gasteiger partial charge in [-0.3, -0.25) is 9.19 Å². The van der Waals surface area contributed by atoms with Gasteiger partial charge in [0.1, 0.15) is 0 Å². The van der Waals surface area contributed by atoms with Crippen LogP contribution in [-0.2, 0) is 16.6 Å². The molecule has 0 aliphatic heterocycles. The zero-order valence-corrected chi connectivity index (χ0v) is 12.2. The fourth-order valence-corrected chi connectivity index (χ4v) is 3.61. The highest BCUT2D eigenvalue weighted by molar-refractivity contribution is 7.84. The van der Waals surface area contributed by atoms with Crippen LogP contribution < -0.4 is 5.73 Å². The number of fused-ring (bicyclic) bond motifs is 1. The van der Waals surface area contributed by atoms with Gasteiger partial charge in [0.05, 0.1) is 5.52 Å². The first-order valence-corrected chi connectivity index (χ1v) is 7.99. The summed E-state index contributed by atoms with van der Waals surface area (Å²) in [6, 6.07) is 10.0. The number of hydrogen-bond acceptors (Lipinski definition) is 3. The van der Waals surface area contributed by atoms with E-state index in [-0.39, 0.29) is 0 Å². The van der Waals surface area contributed by atoms with Crippen LogP contribution in [-0.4, -0.2) is 21.5 Å². The number of aryl methyl sites for hydroxylation is 1. The minimum absolute atomic E-state index is 0.301. The van der Waals surface area contributed by atoms with Crippen molar-refractivity contribution in [3.63, 3.8) is 0 Å². The minimum Gasteiger partial charge on any atom is -0.330 e. The quantitative estimate of drug-likeness (QED) is 0.912. The van der Waals surface area contributed by atoms with Crippen molar-refractivity contribution in [2.75, 3.05) is 12.3 Å². The Hall–Kier alpha value is -1.26. The maximum atomic E-state index is 12.2. The lowest BCUT2D eigenvalue weighted by Gasteiger charge is -2.10. The maximum absolute atomic E-state index is 12.2. The van der Waals surface area contributed by atoms with E-state index < -0.39 is 10.8 Å². The first-order valence-electron chi connectivity index (χ1n) is 6.50. The number of hydrogen-bond donors (Lipinski definition) is 1. The highest BCUT2D eigenvalue weighted by atomic mass is 32.2. The molecule has 1 heterocycles. The summed E-state index contributed by atoms with van der Waals surface area (Å²) < 4.78 is 12.2. The Morgan fingerprint density at radius 2 is 2.11 bits per heavy atom. The summed E-state index contributed by atoms with van der Waals surface area (Å²) >= 11 is 0. The maximum Gasteiger partial charge on any atom is 0.0708 e. The molecule has 3 nitrogen and oxygen atoms in total. The third-order valence-corrected chi connectivity index (χ3v) is 4.69. The summed E-state index contributed by atoms with van der Waals surface area (Å²) in [6.07, 6.45) is 0. The second-order valence-electron chi connectivity index (χ2n) is 5.03. The van der Waals surface area contributed by atoms with Gasteiger partial charge in [-0.1, -0.05) is 25.1 Å². The molecule has 0 radical (unpaired) electrons. The molecule has 1 aromatic carbocycles. The van der Waals surface area contributed by atoms with Crippen molar-refractivity contribution in [2.24, 2.45) is 11.7 Å². The third kappa shape index (κ3) is 3.61. The lowest BCUT2D eigenvalue weighted by molar-refractivity contribution is 0.640. The van der Waals surface area contributed by atoms with Crippen LogP contribution in [0.5, 0.6) is 0 Å². The van der Waals surface area contributed by atoms with Crippen molar-refractivity contribution in [1.29, 1.82) is 0 Å². The summed E-state index contributed by atoms with van der Waals surface area (Å²) in [5.41, 5.74) is 8.64. The van der Waals surface area contributed by atoms with Crippen molar-refractivity contribution >= 4 is 21.7 Å². The average Bonchev–Trinajstić information content (AvgIpc) is 2.38. The van der Waals surface area contributed by atoms with Gasteiger partial charge in [-0.05, 0) is 37.1 Å². The smallest absolute Gasteiger partial charge is 0.0708 e. The molecule has 2 aromatic rings. The average molecular weight is 276 g/mol. The van der Waals surface area contributed by atoms with Crippen LogP contribution in [0.4, 0.5) is 0 Å². The van der Waals surface area contributed by atoms with Crippen LogP contribution in [0.15, 0.2) is 30.3 Å². The molecule has 19 heavy (non-hydrogen) atoms. The van der Waals surface area contributed by atoms with Crippen LogP contribution in [0.25, 0.3) is 10.9 Å². The van der Waals surface area contributed by atoms with E-state index in [0.717, 1.165) is 22.2 Å². The Balaban J connectivity index is 2.27. The number of para-hydroxylation sites is 1. The minimum atomic E-state index is -0.873. The molecule has 2 unspecified atom stereocenters. The first-order chi connectivity index (χ1) is 9.10. The highest BCUT2D eigenvalue weighted by Crippen LogP contribution is 2.20. The predicted molar refractivity (Wildman–Crippen MR) is 81.4 cm³/mol. The number of rotatable bonds is 5. The number of pyridine rings is 1. The summed E-state index contributed by atoms with van der Waals surface area (Å²) in [5.74, 6) is 1.54. The summed E-state index contributed by atoms with van der Waals surface area (Å²) in [7, 11) is -0.873. The normalized spacial score (nSPS) is 14.5. The molecule has 1 aromatic heterocycles. The van der Waals surface area contributed by atoms with Gasteiger partial charge in [-0.25, -0.2) is 0 Å². The SMILES string of the molecule is Cc1cc(CS(=O)CC(C)CN)c2ccccc2n1. The number of benzene rings is 1.